The summed E-state index contributed by atoms with van der Waals surface area (Å²) in [6.45, 7) is 3.21. The topological polar surface area (TPSA) is 66.8 Å². The summed E-state index contributed by atoms with van der Waals surface area (Å²) in [6, 6.07) is 7.71. The number of carboxylic acids is 1. The summed E-state index contributed by atoms with van der Waals surface area (Å²) in [5, 5.41) is 8.77. The normalized spacial score (nSPS) is 17.8. The van der Waals surface area contributed by atoms with E-state index in [1.54, 1.807) is 4.90 Å². The minimum absolute atomic E-state index is 0.00690. The molecule has 21 heavy (non-hydrogen) atoms. The van der Waals surface area contributed by atoms with Crippen LogP contribution in [0.3, 0.4) is 0 Å². The van der Waals surface area contributed by atoms with Crippen LogP contribution in [0, 0.1) is 5.92 Å². The standard InChI is InChI=1S/C16H21NO4/c1-2-12-4-3-5-14(8-12)21-11-15(18)17-7-6-13(10-17)9-16(19)20/h3-5,8,13H,2,6-7,9-11H2,1H3,(H,19,20). The van der Waals surface area contributed by atoms with Crippen LogP contribution in [-0.2, 0) is 16.0 Å². The molecule has 1 atom stereocenters. The quantitative estimate of drug-likeness (QED) is 0.870. The molecule has 1 saturated heterocycles. The van der Waals surface area contributed by atoms with Crippen LogP contribution in [0.2, 0.25) is 0 Å². The number of aryl methyl sites for hydroxylation is 1. The summed E-state index contributed by atoms with van der Waals surface area (Å²) in [6.07, 6.45) is 1.81. The summed E-state index contributed by atoms with van der Waals surface area (Å²) in [5.41, 5.74) is 1.17. The molecule has 1 aliphatic heterocycles. The van der Waals surface area contributed by atoms with E-state index in [4.69, 9.17) is 9.84 Å². The molecular weight excluding hydrogens is 270 g/mol. The molecular formula is C16H21NO4. The lowest BCUT2D eigenvalue weighted by atomic mass is 10.1. The second-order valence-corrected chi connectivity index (χ2v) is 5.38. The van der Waals surface area contributed by atoms with Crippen LogP contribution in [0.4, 0.5) is 0 Å². The van der Waals surface area contributed by atoms with Gasteiger partial charge in [0.2, 0.25) is 0 Å². The molecule has 0 saturated carbocycles. The maximum atomic E-state index is 12.1. The zero-order chi connectivity index (χ0) is 15.2. The highest BCUT2D eigenvalue weighted by molar-refractivity contribution is 5.78. The minimum Gasteiger partial charge on any atom is -0.484 e. The first-order valence-corrected chi connectivity index (χ1v) is 7.29. The number of rotatable bonds is 6. The van der Waals surface area contributed by atoms with Crippen molar-refractivity contribution in [3.63, 3.8) is 0 Å². The lowest BCUT2D eigenvalue weighted by Gasteiger charge is -2.16. The van der Waals surface area contributed by atoms with Gasteiger partial charge in [-0.05, 0) is 36.5 Å². The molecule has 1 N–H and O–H groups in total. The van der Waals surface area contributed by atoms with E-state index in [1.165, 1.54) is 5.56 Å². The van der Waals surface area contributed by atoms with Gasteiger partial charge in [0.15, 0.2) is 6.61 Å². The van der Waals surface area contributed by atoms with Gasteiger partial charge in [-0.2, -0.15) is 0 Å². The molecule has 1 fully saturated rings. The Morgan fingerprint density at radius 3 is 2.95 bits per heavy atom. The van der Waals surface area contributed by atoms with Crippen LogP contribution in [0.15, 0.2) is 24.3 Å². The summed E-state index contributed by atoms with van der Waals surface area (Å²) in [4.78, 5) is 24.4. The van der Waals surface area contributed by atoms with Gasteiger partial charge in [0, 0.05) is 19.5 Å². The van der Waals surface area contributed by atoms with E-state index in [2.05, 4.69) is 6.92 Å². The number of ether oxygens (including phenoxy) is 1. The first kappa shape index (κ1) is 15.4. The predicted octanol–water partition coefficient (Wildman–Crippen LogP) is 1.95. The Labute approximate surface area is 124 Å². The first-order valence-electron chi connectivity index (χ1n) is 7.29. The van der Waals surface area contributed by atoms with Crippen LogP contribution in [0.25, 0.3) is 0 Å². The molecule has 1 heterocycles. The van der Waals surface area contributed by atoms with Gasteiger partial charge in [-0.15, -0.1) is 0 Å². The number of hydrogen-bond donors (Lipinski definition) is 1. The molecule has 114 valence electrons. The Morgan fingerprint density at radius 2 is 2.24 bits per heavy atom. The van der Waals surface area contributed by atoms with E-state index in [9.17, 15) is 9.59 Å². The third-order valence-corrected chi connectivity index (χ3v) is 3.77. The number of amides is 1. The zero-order valence-corrected chi connectivity index (χ0v) is 12.2. The summed E-state index contributed by atoms with van der Waals surface area (Å²) in [7, 11) is 0. The van der Waals surface area contributed by atoms with Crippen molar-refractivity contribution >= 4 is 11.9 Å². The molecule has 0 spiro atoms. The number of carbonyl (C=O) groups excluding carboxylic acids is 1. The van der Waals surface area contributed by atoms with Gasteiger partial charge in [-0.1, -0.05) is 19.1 Å². The predicted molar refractivity (Wildman–Crippen MR) is 78.3 cm³/mol. The third-order valence-electron chi connectivity index (χ3n) is 3.77. The Hall–Kier alpha value is -2.04. The lowest BCUT2D eigenvalue weighted by molar-refractivity contribution is -0.138. The van der Waals surface area contributed by atoms with Crippen LogP contribution in [0.1, 0.15) is 25.3 Å². The Kier molecular flexibility index (Phi) is 5.20. The van der Waals surface area contributed by atoms with E-state index in [0.717, 1.165) is 12.8 Å². The molecule has 0 bridgehead atoms. The van der Waals surface area contributed by atoms with E-state index in [1.807, 2.05) is 24.3 Å². The fourth-order valence-electron chi connectivity index (χ4n) is 2.56. The van der Waals surface area contributed by atoms with Crippen molar-refractivity contribution < 1.29 is 19.4 Å². The SMILES string of the molecule is CCc1cccc(OCC(=O)N2CCC(CC(=O)O)C2)c1. The van der Waals surface area contributed by atoms with E-state index >= 15 is 0 Å². The molecule has 5 heteroatoms. The highest BCUT2D eigenvalue weighted by Gasteiger charge is 2.27. The van der Waals surface area contributed by atoms with Gasteiger partial charge in [0.05, 0.1) is 0 Å². The van der Waals surface area contributed by atoms with Crippen LogP contribution < -0.4 is 4.74 Å². The van der Waals surface area contributed by atoms with Crippen molar-refractivity contribution in [1.82, 2.24) is 4.90 Å². The van der Waals surface area contributed by atoms with E-state index in [0.29, 0.717) is 18.8 Å². The van der Waals surface area contributed by atoms with Crippen molar-refractivity contribution in [2.24, 2.45) is 5.92 Å². The van der Waals surface area contributed by atoms with Crippen molar-refractivity contribution in [3.05, 3.63) is 29.8 Å². The molecule has 1 aromatic carbocycles. The smallest absolute Gasteiger partial charge is 0.303 e. The van der Waals surface area contributed by atoms with Crippen LogP contribution in [0.5, 0.6) is 5.75 Å². The fourth-order valence-corrected chi connectivity index (χ4v) is 2.56. The van der Waals surface area contributed by atoms with Gasteiger partial charge in [0.25, 0.3) is 5.91 Å². The molecule has 0 aromatic heterocycles. The monoisotopic (exact) mass is 291 g/mol. The molecule has 0 aliphatic carbocycles. The fraction of sp³-hybridized carbons (Fsp3) is 0.500. The molecule has 1 aliphatic rings. The van der Waals surface area contributed by atoms with E-state index < -0.39 is 5.97 Å². The average molecular weight is 291 g/mol. The van der Waals surface area contributed by atoms with Gasteiger partial charge in [0.1, 0.15) is 5.75 Å². The highest BCUT2D eigenvalue weighted by atomic mass is 16.5. The average Bonchev–Trinajstić information content (AvgIpc) is 2.92. The van der Waals surface area contributed by atoms with Gasteiger partial charge in [-0.3, -0.25) is 9.59 Å². The second kappa shape index (κ2) is 7.11. The summed E-state index contributed by atoms with van der Waals surface area (Å²) in [5.74, 6) is -0.120. The maximum Gasteiger partial charge on any atom is 0.303 e. The Balaban J connectivity index is 1.81. The third kappa shape index (κ3) is 4.48. The Bertz CT molecular complexity index is 515. The number of nitrogens with zero attached hydrogens (tertiary/aromatic N) is 1. The molecule has 5 nitrogen and oxygen atoms in total. The van der Waals surface area contributed by atoms with Crippen LogP contribution >= 0.6 is 0 Å². The van der Waals surface area contributed by atoms with E-state index in [-0.39, 0.29) is 24.9 Å². The number of carbonyl (C=O) groups is 2. The van der Waals surface area contributed by atoms with Crippen molar-refractivity contribution in [1.29, 1.82) is 0 Å². The number of benzene rings is 1. The first-order chi connectivity index (χ1) is 10.1. The van der Waals surface area contributed by atoms with Crippen molar-refractivity contribution in [2.45, 2.75) is 26.2 Å². The second-order valence-electron chi connectivity index (χ2n) is 5.38. The lowest BCUT2D eigenvalue weighted by Crippen LogP contribution is -2.33. The van der Waals surface area contributed by atoms with Crippen molar-refractivity contribution in [3.8, 4) is 5.75 Å². The number of likely N-dealkylation sites (tertiary alicyclic amines) is 1. The summed E-state index contributed by atoms with van der Waals surface area (Å²) < 4.78 is 5.53. The Morgan fingerprint density at radius 1 is 1.43 bits per heavy atom. The summed E-state index contributed by atoms with van der Waals surface area (Å²) >= 11 is 0. The number of carboxylic acid groups (broad SMARTS) is 1. The molecule has 2 rings (SSSR count). The van der Waals surface area contributed by atoms with Crippen LogP contribution in [-0.4, -0.2) is 41.6 Å². The maximum absolute atomic E-state index is 12.1. The molecule has 0 radical (unpaired) electrons. The zero-order valence-electron chi connectivity index (χ0n) is 12.2. The molecule has 1 unspecified atom stereocenters. The van der Waals surface area contributed by atoms with Gasteiger partial charge in [-0.25, -0.2) is 0 Å². The number of aliphatic carboxylic acids is 1. The molecule has 1 aromatic rings. The minimum atomic E-state index is -0.804. The largest absolute Gasteiger partial charge is 0.484 e. The number of hydrogen-bond acceptors (Lipinski definition) is 3. The van der Waals surface area contributed by atoms with Crippen molar-refractivity contribution in [2.75, 3.05) is 19.7 Å². The molecule has 1 amide bonds. The highest BCUT2D eigenvalue weighted by Crippen LogP contribution is 2.20. The van der Waals surface area contributed by atoms with Gasteiger partial charge >= 0.3 is 5.97 Å². The van der Waals surface area contributed by atoms with Gasteiger partial charge < -0.3 is 14.7 Å².